The molecule has 0 bridgehead atoms. The van der Waals surface area contributed by atoms with E-state index in [-0.39, 0.29) is 5.76 Å². The highest BCUT2D eigenvalue weighted by Gasteiger charge is 2.11. The van der Waals surface area contributed by atoms with Gasteiger partial charge in [0.15, 0.2) is 5.58 Å². The predicted octanol–water partition coefficient (Wildman–Crippen LogP) is 3.90. The predicted molar refractivity (Wildman–Crippen MR) is 89.6 cm³/mol. The van der Waals surface area contributed by atoms with Gasteiger partial charge in [0.25, 0.3) is 0 Å². The Morgan fingerprint density at radius 3 is 2.55 bits per heavy atom. The SMILES string of the molecule is O=c1oc2ccc(Cl)cc2n1CCCCN1CCCCCC1. The molecule has 22 heavy (non-hydrogen) atoms. The van der Waals surface area contributed by atoms with Crippen LogP contribution < -0.4 is 5.76 Å². The summed E-state index contributed by atoms with van der Waals surface area (Å²) in [4.78, 5) is 14.5. The summed E-state index contributed by atoms with van der Waals surface area (Å²) in [5, 5.41) is 0.631. The summed E-state index contributed by atoms with van der Waals surface area (Å²) in [5.74, 6) is -0.285. The summed E-state index contributed by atoms with van der Waals surface area (Å²) in [5.41, 5.74) is 1.41. The number of benzene rings is 1. The van der Waals surface area contributed by atoms with Crippen molar-refractivity contribution >= 4 is 22.7 Å². The van der Waals surface area contributed by atoms with E-state index in [1.807, 2.05) is 0 Å². The summed E-state index contributed by atoms with van der Waals surface area (Å²) < 4.78 is 6.95. The molecule has 3 rings (SSSR count). The maximum atomic E-state index is 11.9. The Morgan fingerprint density at radius 1 is 1.05 bits per heavy atom. The highest BCUT2D eigenvalue weighted by atomic mass is 35.5. The van der Waals surface area contributed by atoms with Gasteiger partial charge in [-0.2, -0.15) is 0 Å². The second kappa shape index (κ2) is 7.34. The molecule has 0 atom stereocenters. The lowest BCUT2D eigenvalue weighted by Gasteiger charge is -2.19. The Bertz CT molecular complexity index is 669. The number of oxazole rings is 1. The molecule has 5 heteroatoms. The highest BCUT2D eigenvalue weighted by molar-refractivity contribution is 6.31. The van der Waals surface area contributed by atoms with Crippen LogP contribution in [0.1, 0.15) is 38.5 Å². The first-order valence-corrected chi connectivity index (χ1v) is 8.63. The van der Waals surface area contributed by atoms with E-state index >= 15 is 0 Å². The molecule has 0 amide bonds. The average Bonchev–Trinajstić information content (AvgIpc) is 2.69. The van der Waals surface area contributed by atoms with Crippen molar-refractivity contribution in [3.8, 4) is 0 Å². The number of likely N-dealkylation sites (tertiary alicyclic amines) is 1. The number of halogens is 1. The van der Waals surface area contributed by atoms with E-state index < -0.39 is 0 Å². The Labute approximate surface area is 135 Å². The average molecular weight is 323 g/mol. The van der Waals surface area contributed by atoms with Gasteiger partial charge in [0.05, 0.1) is 5.52 Å². The smallest absolute Gasteiger partial charge is 0.408 e. The number of hydrogen-bond acceptors (Lipinski definition) is 3. The normalized spacial score (nSPS) is 17.0. The molecule has 1 saturated heterocycles. The fraction of sp³-hybridized carbons (Fsp3) is 0.588. The molecule has 0 spiro atoms. The van der Waals surface area contributed by atoms with Gasteiger partial charge < -0.3 is 9.32 Å². The summed E-state index contributed by atoms with van der Waals surface area (Å²) in [6.07, 6.45) is 7.48. The van der Waals surface area contributed by atoms with Gasteiger partial charge >= 0.3 is 5.76 Å². The number of rotatable bonds is 5. The molecule has 1 aromatic heterocycles. The fourth-order valence-electron chi connectivity index (χ4n) is 3.21. The molecule has 0 radical (unpaired) electrons. The number of fused-ring (bicyclic) bond motifs is 1. The summed E-state index contributed by atoms with van der Waals surface area (Å²) in [7, 11) is 0. The maximum Gasteiger partial charge on any atom is 0.419 e. The van der Waals surface area contributed by atoms with Crippen molar-refractivity contribution in [1.82, 2.24) is 9.47 Å². The van der Waals surface area contributed by atoms with Crippen LogP contribution in [0.2, 0.25) is 5.02 Å². The minimum Gasteiger partial charge on any atom is -0.408 e. The number of unbranched alkanes of at least 4 members (excludes halogenated alkanes) is 1. The first-order valence-electron chi connectivity index (χ1n) is 8.25. The monoisotopic (exact) mass is 322 g/mol. The summed E-state index contributed by atoms with van der Waals surface area (Å²) in [6.45, 7) is 4.28. The largest absolute Gasteiger partial charge is 0.419 e. The van der Waals surface area contributed by atoms with E-state index in [0.29, 0.717) is 17.2 Å². The van der Waals surface area contributed by atoms with Crippen LogP contribution in [0, 0.1) is 0 Å². The molecule has 0 aliphatic carbocycles. The van der Waals surface area contributed by atoms with Crippen LogP contribution in [-0.2, 0) is 6.54 Å². The van der Waals surface area contributed by atoms with Gasteiger partial charge in [0.2, 0.25) is 0 Å². The standard InChI is InChI=1S/C17H23ClN2O2/c18-14-7-8-16-15(13-14)20(17(21)22-16)12-6-5-11-19-9-3-1-2-4-10-19/h7-8,13H,1-6,9-12H2. The van der Waals surface area contributed by atoms with Crippen molar-refractivity contribution < 1.29 is 4.42 Å². The Morgan fingerprint density at radius 2 is 1.77 bits per heavy atom. The van der Waals surface area contributed by atoms with Gasteiger partial charge in [-0.25, -0.2) is 4.79 Å². The first-order chi connectivity index (χ1) is 10.7. The zero-order chi connectivity index (χ0) is 15.4. The van der Waals surface area contributed by atoms with Gasteiger partial charge in [-0.05, 0) is 63.5 Å². The van der Waals surface area contributed by atoms with Crippen molar-refractivity contribution in [3.05, 3.63) is 33.8 Å². The van der Waals surface area contributed by atoms with Crippen LogP contribution in [0.25, 0.3) is 11.1 Å². The van der Waals surface area contributed by atoms with Crippen molar-refractivity contribution in [2.45, 2.75) is 45.1 Å². The van der Waals surface area contributed by atoms with Gasteiger partial charge in [0.1, 0.15) is 0 Å². The Kier molecular flexibility index (Phi) is 5.21. The molecular weight excluding hydrogens is 300 g/mol. The van der Waals surface area contributed by atoms with Crippen LogP contribution in [-0.4, -0.2) is 29.1 Å². The van der Waals surface area contributed by atoms with Gasteiger partial charge in [-0.3, -0.25) is 4.57 Å². The molecule has 1 aliphatic heterocycles. The maximum absolute atomic E-state index is 11.9. The first kappa shape index (κ1) is 15.6. The summed E-state index contributed by atoms with van der Waals surface area (Å²) in [6, 6.07) is 5.31. The second-order valence-electron chi connectivity index (χ2n) is 6.09. The molecule has 120 valence electrons. The van der Waals surface area contributed by atoms with E-state index in [1.165, 1.54) is 38.8 Å². The van der Waals surface area contributed by atoms with Crippen LogP contribution >= 0.6 is 11.6 Å². The zero-order valence-corrected chi connectivity index (χ0v) is 13.6. The Balaban J connectivity index is 1.56. The van der Waals surface area contributed by atoms with E-state index in [1.54, 1.807) is 22.8 Å². The van der Waals surface area contributed by atoms with E-state index in [4.69, 9.17) is 16.0 Å². The lowest BCUT2D eigenvalue weighted by Crippen LogP contribution is -2.26. The molecule has 2 aromatic rings. The van der Waals surface area contributed by atoms with E-state index in [2.05, 4.69) is 4.90 Å². The molecule has 0 N–H and O–H groups in total. The third kappa shape index (κ3) is 3.73. The lowest BCUT2D eigenvalue weighted by molar-refractivity contribution is 0.276. The number of hydrogen-bond donors (Lipinski definition) is 0. The van der Waals surface area contributed by atoms with E-state index in [0.717, 1.165) is 24.9 Å². The second-order valence-corrected chi connectivity index (χ2v) is 6.53. The highest BCUT2D eigenvalue weighted by Crippen LogP contribution is 2.19. The van der Waals surface area contributed by atoms with Crippen LogP contribution in [0.3, 0.4) is 0 Å². The molecule has 1 aliphatic rings. The topological polar surface area (TPSA) is 38.4 Å². The molecule has 1 aromatic carbocycles. The van der Waals surface area contributed by atoms with Crippen molar-refractivity contribution in [1.29, 1.82) is 0 Å². The third-order valence-electron chi connectivity index (χ3n) is 4.43. The number of aromatic nitrogens is 1. The van der Waals surface area contributed by atoms with Gasteiger partial charge in [0, 0.05) is 11.6 Å². The van der Waals surface area contributed by atoms with Crippen molar-refractivity contribution in [2.75, 3.05) is 19.6 Å². The van der Waals surface area contributed by atoms with E-state index in [9.17, 15) is 4.79 Å². The third-order valence-corrected chi connectivity index (χ3v) is 4.67. The van der Waals surface area contributed by atoms with Crippen molar-refractivity contribution in [3.63, 3.8) is 0 Å². The molecule has 4 nitrogen and oxygen atoms in total. The molecular formula is C17H23ClN2O2. The quantitative estimate of drug-likeness (QED) is 0.783. The molecule has 0 saturated carbocycles. The lowest BCUT2D eigenvalue weighted by atomic mass is 10.2. The zero-order valence-electron chi connectivity index (χ0n) is 12.9. The fourth-order valence-corrected chi connectivity index (χ4v) is 3.38. The molecule has 2 heterocycles. The minimum atomic E-state index is -0.285. The minimum absolute atomic E-state index is 0.285. The molecule has 0 unspecified atom stereocenters. The van der Waals surface area contributed by atoms with Gasteiger partial charge in [-0.15, -0.1) is 0 Å². The van der Waals surface area contributed by atoms with Crippen LogP contribution in [0.15, 0.2) is 27.4 Å². The van der Waals surface area contributed by atoms with Gasteiger partial charge in [-0.1, -0.05) is 24.4 Å². The van der Waals surface area contributed by atoms with Crippen LogP contribution in [0.5, 0.6) is 0 Å². The van der Waals surface area contributed by atoms with Crippen LogP contribution in [0.4, 0.5) is 0 Å². The summed E-state index contributed by atoms with van der Waals surface area (Å²) >= 11 is 6.01. The Hall–Kier alpha value is -1.26. The van der Waals surface area contributed by atoms with Crippen molar-refractivity contribution in [2.24, 2.45) is 0 Å². The number of nitrogens with zero attached hydrogens (tertiary/aromatic N) is 2. The molecule has 1 fully saturated rings. The number of aryl methyl sites for hydroxylation is 1.